The number of nitrogens with zero attached hydrogens (tertiary/aromatic N) is 2. The predicted octanol–water partition coefficient (Wildman–Crippen LogP) is 9.88. The summed E-state index contributed by atoms with van der Waals surface area (Å²) in [5.41, 5.74) is -9.62. The SMILES string of the molecule is O=[N+]([O-])c1cc(C(F)(F)C(F)(F)OC(F)(F)C(F)(OC(F)(F)C(F)(F)OC(F)(C(F)(F)F)C(F)(F)OC(F)(F)C(F)(F)c2ccc(O)c([N+](=O)[O-])c2)C(F)(F)F)ccc1O. The molecule has 0 saturated carbocycles. The molecule has 2 rings (SSSR count). The first-order chi connectivity index (χ1) is 26.2. The molecule has 2 aromatic rings. The number of ether oxygens (including phenoxy) is 4. The van der Waals surface area contributed by atoms with Gasteiger partial charge in [0.2, 0.25) is 0 Å². The number of halogens is 24. The molecule has 2 aromatic carbocycles. The quantitative estimate of drug-likeness (QED) is 0.0887. The Hall–Kier alpha value is -5.00. The lowest BCUT2D eigenvalue weighted by Gasteiger charge is -2.41. The zero-order chi connectivity index (χ0) is 47.7. The van der Waals surface area contributed by atoms with E-state index in [1.165, 1.54) is 9.47 Å². The summed E-state index contributed by atoms with van der Waals surface area (Å²) in [6, 6.07) is -3.58. The molecule has 0 saturated heterocycles. The van der Waals surface area contributed by atoms with Crippen molar-refractivity contribution < 1.29 is 144 Å². The van der Waals surface area contributed by atoms with Gasteiger partial charge in [0.05, 0.1) is 9.85 Å². The van der Waals surface area contributed by atoms with Crippen LogP contribution in [0.3, 0.4) is 0 Å². The highest BCUT2D eigenvalue weighted by Gasteiger charge is 2.86. The van der Waals surface area contributed by atoms with Crippen LogP contribution in [0.25, 0.3) is 0 Å². The fourth-order valence-corrected chi connectivity index (χ4v) is 3.68. The first kappa shape index (κ1) is 51.1. The molecule has 342 valence electrons. The van der Waals surface area contributed by atoms with Gasteiger partial charge >= 0.3 is 83.9 Å². The summed E-state index contributed by atoms with van der Waals surface area (Å²) < 4.78 is 344. The number of alkyl halides is 24. The molecule has 0 bridgehead atoms. The molecule has 60 heavy (non-hydrogen) atoms. The third-order valence-corrected chi connectivity index (χ3v) is 6.67. The second-order valence-corrected chi connectivity index (χ2v) is 10.8. The molecular weight excluding hydrogens is 932 g/mol. The fourth-order valence-electron chi connectivity index (χ4n) is 3.68. The number of hydrogen-bond acceptors (Lipinski definition) is 10. The summed E-state index contributed by atoms with van der Waals surface area (Å²) in [6.45, 7) is 0. The van der Waals surface area contributed by atoms with Gasteiger partial charge in [-0.3, -0.25) is 29.7 Å². The standard InChI is InChI=1S/C24H8F24N2O10/c25-13(26,7-1-3-11(51)9(5-7)49(53)54)19(37,38)59-21(41,42)15(29,17(31,32)33)57-23(45,46)24(47,48)58-16(30,18(34,35)36)22(43,44)60-20(39,40)14(27,28)8-2-4-12(52)10(6-8)50(55)56/h1-6,51-52H. The lowest BCUT2D eigenvalue weighted by molar-refractivity contribution is -0.590. The molecule has 2 atom stereocenters. The van der Waals surface area contributed by atoms with Crippen molar-refractivity contribution in [3.63, 3.8) is 0 Å². The summed E-state index contributed by atoms with van der Waals surface area (Å²) in [7, 11) is 0. The summed E-state index contributed by atoms with van der Waals surface area (Å²) in [5, 5.41) is 39.8. The van der Waals surface area contributed by atoms with E-state index in [1.807, 2.05) is 0 Å². The Morgan fingerprint density at radius 2 is 0.650 bits per heavy atom. The smallest absolute Gasteiger partial charge is 0.458 e. The number of benzene rings is 2. The van der Waals surface area contributed by atoms with E-state index in [9.17, 15) is 126 Å². The Morgan fingerprint density at radius 3 is 0.867 bits per heavy atom. The van der Waals surface area contributed by atoms with E-state index in [2.05, 4.69) is 0 Å². The van der Waals surface area contributed by atoms with Gasteiger partial charge in [-0.05, 0) is 24.3 Å². The minimum atomic E-state index is -8.73. The zero-order valence-corrected chi connectivity index (χ0v) is 26.6. The highest BCUT2D eigenvalue weighted by atomic mass is 19.4. The normalized spacial score (nSPS) is 16.6. The molecule has 0 aromatic heterocycles. The molecule has 2 unspecified atom stereocenters. The molecule has 0 radical (unpaired) electrons. The molecule has 36 heteroatoms. The summed E-state index contributed by atoms with van der Waals surface area (Å²) in [6.07, 6.45) is -66.5. The number of nitro benzene ring substituents is 2. The minimum Gasteiger partial charge on any atom is -0.502 e. The Labute approximate surface area is 308 Å². The first-order valence-corrected chi connectivity index (χ1v) is 13.5. The van der Waals surface area contributed by atoms with Crippen molar-refractivity contribution in [1.82, 2.24) is 0 Å². The molecule has 2 N–H and O–H groups in total. The molecule has 0 spiro atoms. The maximum absolute atomic E-state index is 14.6. The van der Waals surface area contributed by atoms with Crippen LogP contribution in [0.1, 0.15) is 11.1 Å². The van der Waals surface area contributed by atoms with Gasteiger partial charge in [-0.15, -0.1) is 0 Å². The molecule has 0 aliphatic carbocycles. The van der Waals surface area contributed by atoms with E-state index < -0.39 is 141 Å². The average Bonchev–Trinajstić information content (AvgIpc) is 3.01. The summed E-state index contributed by atoms with van der Waals surface area (Å²) in [4.78, 5) is 17.7. The van der Waals surface area contributed by atoms with Gasteiger partial charge in [-0.2, -0.15) is 105 Å². The van der Waals surface area contributed by atoms with Gasteiger partial charge in [0, 0.05) is 23.3 Å². The second-order valence-electron chi connectivity index (χ2n) is 10.8. The van der Waals surface area contributed by atoms with Crippen LogP contribution in [-0.4, -0.2) is 80.8 Å². The number of phenols is 2. The van der Waals surface area contributed by atoms with Crippen LogP contribution in [0.2, 0.25) is 0 Å². The minimum absolute atomic E-state index is 0.326. The van der Waals surface area contributed by atoms with Gasteiger partial charge in [-0.1, -0.05) is 0 Å². The monoisotopic (exact) mass is 940 g/mol. The van der Waals surface area contributed by atoms with E-state index in [4.69, 9.17) is 10.2 Å². The topological polar surface area (TPSA) is 164 Å². The van der Waals surface area contributed by atoms with Crippen LogP contribution in [-0.2, 0) is 30.8 Å². The van der Waals surface area contributed by atoms with Crippen LogP contribution in [0.15, 0.2) is 36.4 Å². The van der Waals surface area contributed by atoms with Crippen molar-refractivity contribution in [3.05, 3.63) is 67.8 Å². The number of phenolic OH excluding ortho intramolecular Hbond substituents is 2. The predicted molar refractivity (Wildman–Crippen MR) is 131 cm³/mol. The van der Waals surface area contributed by atoms with Crippen LogP contribution in [0.5, 0.6) is 11.5 Å². The van der Waals surface area contributed by atoms with Crippen molar-refractivity contribution in [2.24, 2.45) is 0 Å². The van der Waals surface area contributed by atoms with Crippen molar-refractivity contribution in [2.45, 2.75) is 72.6 Å². The lowest BCUT2D eigenvalue weighted by atomic mass is 10.1. The largest absolute Gasteiger partial charge is 0.502 e. The van der Waals surface area contributed by atoms with Crippen LogP contribution < -0.4 is 0 Å². The fraction of sp³-hybridized carbons (Fsp3) is 0.500. The summed E-state index contributed by atoms with van der Waals surface area (Å²) in [5.74, 6) is -34.4. The van der Waals surface area contributed by atoms with Gasteiger partial charge in [0.25, 0.3) is 0 Å². The van der Waals surface area contributed by atoms with Crippen LogP contribution >= 0.6 is 0 Å². The number of aromatic hydroxyl groups is 2. The van der Waals surface area contributed by atoms with E-state index in [0.717, 1.165) is 0 Å². The molecule has 0 aliphatic heterocycles. The van der Waals surface area contributed by atoms with Crippen molar-refractivity contribution in [1.29, 1.82) is 0 Å². The van der Waals surface area contributed by atoms with E-state index >= 15 is 0 Å². The van der Waals surface area contributed by atoms with Gasteiger partial charge < -0.3 is 10.2 Å². The Balaban J connectivity index is 2.66. The van der Waals surface area contributed by atoms with E-state index in [-0.39, 0.29) is 12.1 Å². The van der Waals surface area contributed by atoms with Crippen molar-refractivity contribution in [2.75, 3.05) is 0 Å². The zero-order valence-electron chi connectivity index (χ0n) is 26.6. The van der Waals surface area contributed by atoms with Gasteiger partial charge in [0.15, 0.2) is 11.5 Å². The molecule has 0 heterocycles. The molecule has 0 amide bonds. The van der Waals surface area contributed by atoms with Gasteiger partial charge in [0.1, 0.15) is 0 Å². The van der Waals surface area contributed by atoms with Crippen molar-refractivity contribution in [3.8, 4) is 11.5 Å². The van der Waals surface area contributed by atoms with Crippen LogP contribution in [0.4, 0.5) is 117 Å². The second kappa shape index (κ2) is 14.9. The Morgan fingerprint density at radius 1 is 0.400 bits per heavy atom. The van der Waals surface area contributed by atoms with E-state index in [0.29, 0.717) is 0 Å². The highest BCUT2D eigenvalue weighted by Crippen LogP contribution is 2.59. The van der Waals surface area contributed by atoms with E-state index in [1.54, 1.807) is 9.47 Å². The molecule has 0 aliphatic rings. The first-order valence-electron chi connectivity index (χ1n) is 13.5. The maximum Gasteiger partial charge on any atom is 0.458 e. The average molecular weight is 940 g/mol. The molecule has 12 nitrogen and oxygen atoms in total. The van der Waals surface area contributed by atoms with Gasteiger partial charge in [-0.25, -0.2) is 9.47 Å². The molecular formula is C24H8F24N2O10. The maximum atomic E-state index is 14.6. The Bertz CT molecular complexity index is 1820. The van der Waals surface area contributed by atoms with Crippen LogP contribution in [0, 0.1) is 20.2 Å². The third-order valence-electron chi connectivity index (χ3n) is 6.67. The summed E-state index contributed by atoms with van der Waals surface area (Å²) >= 11 is 0. The number of rotatable bonds is 17. The number of hydrogen-bond donors (Lipinski definition) is 2. The highest BCUT2D eigenvalue weighted by molar-refractivity contribution is 5.49. The van der Waals surface area contributed by atoms with Crippen molar-refractivity contribution >= 4 is 11.4 Å². The Kier molecular flexibility index (Phi) is 12.7. The third kappa shape index (κ3) is 8.75. The molecule has 0 fully saturated rings. The number of nitro groups is 2. The lowest BCUT2D eigenvalue weighted by Crippen LogP contribution is -2.68.